The fourth-order valence-corrected chi connectivity index (χ4v) is 8.41. The SMILES string of the molecule is CC1=C(C)C(=O)OC([C@](C)(O)[C@@]2(O)CC[C@@]3(O)C4CC=C5CC=CC(=O)[C@]5(C)C4CC[C@]23C)C1. The Morgan fingerprint density at radius 3 is 2.47 bits per heavy atom. The second kappa shape index (κ2) is 7.14. The van der Waals surface area contributed by atoms with E-state index >= 15 is 0 Å². The molecular formula is C28H38O6. The Morgan fingerprint density at radius 1 is 1.09 bits per heavy atom. The van der Waals surface area contributed by atoms with Crippen LogP contribution in [0, 0.1) is 22.7 Å². The van der Waals surface area contributed by atoms with Gasteiger partial charge in [0.2, 0.25) is 0 Å². The summed E-state index contributed by atoms with van der Waals surface area (Å²) in [5, 5.41) is 36.5. The van der Waals surface area contributed by atoms with Crippen molar-refractivity contribution < 1.29 is 29.6 Å². The van der Waals surface area contributed by atoms with Gasteiger partial charge in [-0.15, -0.1) is 0 Å². The van der Waals surface area contributed by atoms with Crippen LogP contribution in [0.15, 0.2) is 34.9 Å². The van der Waals surface area contributed by atoms with Crippen molar-refractivity contribution in [1.82, 2.24) is 0 Å². The lowest BCUT2D eigenvalue weighted by molar-refractivity contribution is -0.279. The number of cyclic esters (lactones) is 1. The Balaban J connectivity index is 1.53. The molecule has 5 aliphatic rings. The summed E-state index contributed by atoms with van der Waals surface area (Å²) < 4.78 is 5.63. The molecule has 3 unspecified atom stereocenters. The van der Waals surface area contributed by atoms with Crippen molar-refractivity contribution in [2.24, 2.45) is 22.7 Å². The van der Waals surface area contributed by atoms with Gasteiger partial charge in [-0.2, -0.15) is 0 Å². The van der Waals surface area contributed by atoms with Gasteiger partial charge in [-0.1, -0.05) is 30.2 Å². The zero-order valence-corrected chi connectivity index (χ0v) is 21.0. The van der Waals surface area contributed by atoms with Gasteiger partial charge in [0, 0.05) is 17.4 Å². The summed E-state index contributed by atoms with van der Waals surface area (Å²) in [6.07, 6.45) is 8.28. The molecule has 2 fully saturated rings. The number of hydrogen-bond acceptors (Lipinski definition) is 6. The van der Waals surface area contributed by atoms with Gasteiger partial charge in [0.05, 0.1) is 11.0 Å². The molecule has 8 atom stereocenters. The number of fused-ring (bicyclic) bond motifs is 5. The molecule has 0 amide bonds. The van der Waals surface area contributed by atoms with Crippen LogP contribution >= 0.6 is 0 Å². The van der Waals surface area contributed by atoms with Crippen molar-refractivity contribution >= 4 is 11.8 Å². The highest BCUT2D eigenvalue weighted by Gasteiger charge is 2.76. The number of rotatable bonds is 2. The van der Waals surface area contributed by atoms with E-state index in [1.165, 1.54) is 0 Å². The van der Waals surface area contributed by atoms with Crippen LogP contribution in [-0.2, 0) is 14.3 Å². The third kappa shape index (κ3) is 2.63. The smallest absolute Gasteiger partial charge is 0.334 e. The molecule has 34 heavy (non-hydrogen) atoms. The van der Waals surface area contributed by atoms with Gasteiger partial charge < -0.3 is 20.1 Å². The number of hydrogen-bond donors (Lipinski definition) is 3. The van der Waals surface area contributed by atoms with Crippen LogP contribution in [-0.4, -0.2) is 50.0 Å². The van der Waals surface area contributed by atoms with Crippen LogP contribution < -0.4 is 0 Å². The second-order valence-electron chi connectivity index (χ2n) is 12.2. The first-order valence-electron chi connectivity index (χ1n) is 12.7. The number of ether oxygens (including phenoxy) is 1. The highest BCUT2D eigenvalue weighted by molar-refractivity contribution is 5.98. The Labute approximate surface area is 201 Å². The molecule has 6 nitrogen and oxygen atoms in total. The molecule has 0 spiro atoms. The third-order valence-electron chi connectivity index (χ3n) is 11.1. The van der Waals surface area contributed by atoms with Crippen LogP contribution in [0.5, 0.6) is 0 Å². The molecule has 1 aliphatic heterocycles. The molecule has 1 heterocycles. The predicted molar refractivity (Wildman–Crippen MR) is 127 cm³/mol. The van der Waals surface area contributed by atoms with Crippen molar-refractivity contribution in [3.63, 3.8) is 0 Å². The fraction of sp³-hybridized carbons (Fsp3) is 0.714. The average molecular weight is 471 g/mol. The van der Waals surface area contributed by atoms with Crippen molar-refractivity contribution in [3.05, 3.63) is 34.9 Å². The van der Waals surface area contributed by atoms with E-state index in [0.717, 1.165) is 17.6 Å². The predicted octanol–water partition coefficient (Wildman–Crippen LogP) is 3.54. The normalized spacial score (nSPS) is 47.9. The van der Waals surface area contributed by atoms with Crippen LogP contribution in [0.3, 0.4) is 0 Å². The molecule has 0 aromatic rings. The number of allylic oxidation sites excluding steroid dienone is 4. The quantitative estimate of drug-likeness (QED) is 0.421. The van der Waals surface area contributed by atoms with Crippen molar-refractivity contribution in [3.8, 4) is 0 Å². The van der Waals surface area contributed by atoms with Gasteiger partial charge in [-0.3, -0.25) is 4.79 Å². The highest BCUT2D eigenvalue weighted by Crippen LogP contribution is 2.70. The fourth-order valence-electron chi connectivity index (χ4n) is 8.41. The van der Waals surface area contributed by atoms with Crippen molar-refractivity contribution in [2.75, 3.05) is 0 Å². The van der Waals surface area contributed by atoms with Crippen LogP contribution in [0.2, 0.25) is 0 Å². The van der Waals surface area contributed by atoms with E-state index in [1.807, 2.05) is 26.8 Å². The summed E-state index contributed by atoms with van der Waals surface area (Å²) in [7, 11) is 0. The lowest BCUT2D eigenvalue weighted by Gasteiger charge is -2.63. The summed E-state index contributed by atoms with van der Waals surface area (Å²) in [5.74, 6) is -0.589. The van der Waals surface area contributed by atoms with Gasteiger partial charge in [-0.25, -0.2) is 4.79 Å². The van der Waals surface area contributed by atoms with Crippen LogP contribution in [0.25, 0.3) is 0 Å². The molecule has 4 aliphatic carbocycles. The maximum absolute atomic E-state index is 13.1. The summed E-state index contributed by atoms with van der Waals surface area (Å²) in [6.45, 7) is 9.01. The topological polar surface area (TPSA) is 104 Å². The minimum atomic E-state index is -1.75. The van der Waals surface area contributed by atoms with E-state index < -0.39 is 39.7 Å². The molecule has 0 saturated heterocycles. The van der Waals surface area contributed by atoms with E-state index in [4.69, 9.17) is 4.74 Å². The lowest BCUT2D eigenvalue weighted by Crippen LogP contribution is -2.72. The maximum Gasteiger partial charge on any atom is 0.334 e. The second-order valence-corrected chi connectivity index (χ2v) is 12.2. The minimum absolute atomic E-state index is 0.0179. The van der Waals surface area contributed by atoms with Crippen LogP contribution in [0.1, 0.15) is 79.6 Å². The first-order valence-corrected chi connectivity index (χ1v) is 12.7. The van der Waals surface area contributed by atoms with Crippen molar-refractivity contribution in [1.29, 1.82) is 0 Å². The Morgan fingerprint density at radius 2 is 1.79 bits per heavy atom. The lowest BCUT2D eigenvalue weighted by atomic mass is 9.44. The first kappa shape index (κ1) is 24.0. The molecule has 6 heteroatoms. The Kier molecular flexibility index (Phi) is 5.03. The van der Waals surface area contributed by atoms with E-state index in [0.29, 0.717) is 37.7 Å². The number of carbonyl (C=O) groups excluding carboxylic acids is 2. The zero-order chi connectivity index (χ0) is 24.9. The van der Waals surface area contributed by atoms with E-state index in [9.17, 15) is 24.9 Å². The van der Waals surface area contributed by atoms with Gasteiger partial charge in [0.15, 0.2) is 5.78 Å². The third-order valence-corrected chi connectivity index (χ3v) is 11.1. The number of carbonyl (C=O) groups is 2. The molecule has 0 aromatic carbocycles. The number of esters is 1. The number of aliphatic hydroxyl groups is 3. The minimum Gasteiger partial charge on any atom is -0.455 e. The molecule has 0 radical (unpaired) electrons. The largest absolute Gasteiger partial charge is 0.455 e. The summed E-state index contributed by atoms with van der Waals surface area (Å²) in [6, 6.07) is 0. The zero-order valence-electron chi connectivity index (χ0n) is 21.0. The Bertz CT molecular complexity index is 1050. The molecule has 2 saturated carbocycles. The van der Waals surface area contributed by atoms with Gasteiger partial charge in [0.1, 0.15) is 17.3 Å². The van der Waals surface area contributed by atoms with E-state index in [2.05, 4.69) is 6.08 Å². The van der Waals surface area contributed by atoms with Crippen molar-refractivity contribution in [2.45, 2.75) is 102 Å². The monoisotopic (exact) mass is 470 g/mol. The Hall–Kier alpha value is -1.76. The average Bonchev–Trinajstić information content (AvgIpc) is 3.00. The van der Waals surface area contributed by atoms with E-state index in [1.54, 1.807) is 19.9 Å². The molecule has 5 rings (SSSR count). The molecule has 0 bridgehead atoms. The molecular weight excluding hydrogens is 432 g/mol. The first-order chi connectivity index (χ1) is 15.7. The summed E-state index contributed by atoms with van der Waals surface area (Å²) in [4.78, 5) is 25.5. The number of ketones is 1. The van der Waals surface area contributed by atoms with Gasteiger partial charge in [0.25, 0.3) is 0 Å². The maximum atomic E-state index is 13.1. The molecule has 186 valence electrons. The van der Waals surface area contributed by atoms with Gasteiger partial charge in [-0.05, 0) is 84.1 Å². The van der Waals surface area contributed by atoms with Crippen LogP contribution in [0.4, 0.5) is 0 Å². The van der Waals surface area contributed by atoms with Gasteiger partial charge >= 0.3 is 5.97 Å². The molecule has 0 aromatic heterocycles. The van der Waals surface area contributed by atoms with E-state index in [-0.39, 0.29) is 24.0 Å². The highest BCUT2D eigenvalue weighted by atomic mass is 16.6. The molecule has 3 N–H and O–H groups in total. The standard InChI is InChI=1S/C28H38O6/c1-16-15-22(34-23(30)17(16)2)26(5,31)28(33)14-13-27(32)20-10-9-18-7-6-8-21(29)25(18,4)19(20)11-12-24(27,28)3/h6,8-9,19-20,22,31-33H,7,10-15H2,1-5H3/t19?,20?,22?,24-,25-,26-,27+,28+/m0/s1. The summed E-state index contributed by atoms with van der Waals surface area (Å²) in [5.41, 5.74) is -3.78. The summed E-state index contributed by atoms with van der Waals surface area (Å²) >= 11 is 0.